The molecule has 1 aromatic heterocycles. The highest BCUT2D eigenvalue weighted by molar-refractivity contribution is 9.10. The van der Waals surface area contributed by atoms with Gasteiger partial charge in [0.2, 0.25) is 0 Å². The largest absolute Gasteiger partial charge is 0.448 e. The van der Waals surface area contributed by atoms with Gasteiger partial charge in [0.15, 0.2) is 11.6 Å². The Labute approximate surface area is 132 Å². The second-order valence-electron chi connectivity index (χ2n) is 5.47. The second-order valence-corrected chi connectivity index (χ2v) is 6.38. The van der Waals surface area contributed by atoms with E-state index in [0.29, 0.717) is 17.5 Å². The molecule has 1 aliphatic carbocycles. The Bertz CT molecular complexity index is 660. The summed E-state index contributed by atoms with van der Waals surface area (Å²) in [5.41, 5.74) is 2.13. The molecule has 0 spiro atoms. The molecule has 1 heterocycles. The first-order chi connectivity index (χ1) is 10.1. The number of nitrogens with one attached hydrogen (secondary N) is 1. The van der Waals surface area contributed by atoms with Gasteiger partial charge in [0.1, 0.15) is 6.26 Å². The first-order valence-corrected chi connectivity index (χ1v) is 7.96. The molecule has 1 fully saturated rings. The number of halogens is 1. The fraction of sp³-hybridized carbons (Fsp3) is 0.375. The molecule has 1 aliphatic rings. The van der Waals surface area contributed by atoms with Crippen molar-refractivity contribution in [2.24, 2.45) is 0 Å². The lowest BCUT2D eigenvalue weighted by Crippen LogP contribution is -2.13. The molecule has 1 saturated carbocycles. The fourth-order valence-electron chi connectivity index (χ4n) is 2.71. The van der Waals surface area contributed by atoms with Gasteiger partial charge in [-0.05, 0) is 43.5 Å². The van der Waals surface area contributed by atoms with Crippen LogP contribution in [0.1, 0.15) is 53.5 Å². The lowest BCUT2D eigenvalue weighted by atomic mass is 10.1. The van der Waals surface area contributed by atoms with E-state index in [0.717, 1.165) is 28.6 Å². The lowest BCUT2D eigenvalue weighted by Gasteiger charge is -2.07. The molecule has 21 heavy (non-hydrogen) atoms. The number of hydrogen-bond donors (Lipinski definition) is 1. The minimum Gasteiger partial charge on any atom is -0.448 e. The summed E-state index contributed by atoms with van der Waals surface area (Å²) in [6, 6.07) is 5.73. The van der Waals surface area contributed by atoms with Gasteiger partial charge in [-0.25, -0.2) is 4.98 Å². The Balaban J connectivity index is 1.73. The molecule has 1 N–H and O–H groups in total. The monoisotopic (exact) mass is 348 g/mol. The van der Waals surface area contributed by atoms with Crippen LogP contribution in [-0.4, -0.2) is 10.9 Å². The van der Waals surface area contributed by atoms with Crippen LogP contribution >= 0.6 is 15.9 Å². The van der Waals surface area contributed by atoms with Gasteiger partial charge in [-0.3, -0.25) is 4.79 Å². The number of aromatic nitrogens is 1. The van der Waals surface area contributed by atoms with Crippen molar-refractivity contribution in [2.45, 2.75) is 38.5 Å². The molecule has 0 atom stereocenters. The number of nitrogens with zero attached hydrogens (tertiary/aromatic N) is 1. The predicted octanol–water partition coefficient (Wildman–Crippen LogP) is 4.66. The molecular weight excluding hydrogens is 332 g/mol. The summed E-state index contributed by atoms with van der Waals surface area (Å²) in [6.45, 7) is 1.95. The number of carbonyl (C=O) groups is 1. The highest BCUT2D eigenvalue weighted by atomic mass is 79.9. The maximum Gasteiger partial charge on any atom is 0.277 e. The van der Waals surface area contributed by atoms with Gasteiger partial charge < -0.3 is 9.73 Å². The molecule has 110 valence electrons. The Morgan fingerprint density at radius 2 is 2.14 bits per heavy atom. The lowest BCUT2D eigenvalue weighted by molar-refractivity contribution is 0.102. The summed E-state index contributed by atoms with van der Waals surface area (Å²) >= 11 is 3.41. The summed E-state index contributed by atoms with van der Waals surface area (Å²) in [4.78, 5) is 16.6. The van der Waals surface area contributed by atoms with Gasteiger partial charge in [0.05, 0.1) is 0 Å². The summed E-state index contributed by atoms with van der Waals surface area (Å²) in [5, 5.41) is 2.88. The van der Waals surface area contributed by atoms with Crippen LogP contribution in [0.4, 0.5) is 5.69 Å². The van der Waals surface area contributed by atoms with E-state index in [2.05, 4.69) is 26.2 Å². The van der Waals surface area contributed by atoms with E-state index < -0.39 is 0 Å². The molecular formula is C16H17BrN2O2. The summed E-state index contributed by atoms with van der Waals surface area (Å²) in [6.07, 6.45) is 6.09. The molecule has 0 unspecified atom stereocenters. The van der Waals surface area contributed by atoms with Crippen LogP contribution in [0.25, 0.3) is 0 Å². The highest BCUT2D eigenvalue weighted by Gasteiger charge is 2.23. The standard InChI is InChI=1S/C16H17BrN2O2/c1-10-8-12(17)6-7-13(10)18-15(20)14-9-21-16(19-14)11-4-2-3-5-11/h6-9,11H,2-5H2,1H3,(H,18,20). The van der Waals surface area contributed by atoms with Crippen molar-refractivity contribution in [3.05, 3.63) is 46.1 Å². The molecule has 1 aromatic carbocycles. The smallest absolute Gasteiger partial charge is 0.277 e. The van der Waals surface area contributed by atoms with Crippen molar-refractivity contribution < 1.29 is 9.21 Å². The minimum atomic E-state index is -0.228. The zero-order valence-corrected chi connectivity index (χ0v) is 13.4. The molecule has 0 aliphatic heterocycles. The topological polar surface area (TPSA) is 55.1 Å². The van der Waals surface area contributed by atoms with Gasteiger partial charge >= 0.3 is 0 Å². The Morgan fingerprint density at radius 3 is 2.86 bits per heavy atom. The van der Waals surface area contributed by atoms with Crippen LogP contribution < -0.4 is 5.32 Å². The summed E-state index contributed by atoms with van der Waals surface area (Å²) < 4.78 is 6.47. The van der Waals surface area contributed by atoms with Gasteiger partial charge in [0.25, 0.3) is 5.91 Å². The fourth-order valence-corrected chi connectivity index (χ4v) is 3.18. The Morgan fingerprint density at radius 1 is 1.38 bits per heavy atom. The van der Waals surface area contributed by atoms with Gasteiger partial charge in [-0.2, -0.15) is 0 Å². The van der Waals surface area contributed by atoms with E-state index in [1.54, 1.807) is 0 Å². The van der Waals surface area contributed by atoms with Crippen LogP contribution in [0.3, 0.4) is 0 Å². The van der Waals surface area contributed by atoms with Crippen LogP contribution in [0.15, 0.2) is 33.4 Å². The molecule has 1 amide bonds. The van der Waals surface area contributed by atoms with Gasteiger partial charge in [-0.1, -0.05) is 28.8 Å². The van der Waals surface area contributed by atoms with Crippen LogP contribution in [0, 0.1) is 6.92 Å². The molecule has 3 rings (SSSR count). The highest BCUT2D eigenvalue weighted by Crippen LogP contribution is 2.33. The summed E-state index contributed by atoms with van der Waals surface area (Å²) in [5.74, 6) is 0.847. The predicted molar refractivity (Wildman–Crippen MR) is 84.5 cm³/mol. The first kappa shape index (κ1) is 14.3. The van der Waals surface area contributed by atoms with Crippen molar-refractivity contribution in [3.63, 3.8) is 0 Å². The van der Waals surface area contributed by atoms with Gasteiger partial charge in [-0.15, -0.1) is 0 Å². The molecule has 0 bridgehead atoms. The van der Waals surface area contributed by atoms with E-state index in [-0.39, 0.29) is 5.91 Å². The third-order valence-corrected chi connectivity index (χ3v) is 4.39. The van der Waals surface area contributed by atoms with Crippen molar-refractivity contribution >= 4 is 27.5 Å². The van der Waals surface area contributed by atoms with Crippen LogP contribution in [0.5, 0.6) is 0 Å². The van der Waals surface area contributed by atoms with E-state index in [9.17, 15) is 4.79 Å². The number of benzene rings is 1. The number of oxazole rings is 1. The number of carbonyl (C=O) groups excluding carboxylic acids is 1. The van der Waals surface area contributed by atoms with E-state index in [1.807, 2.05) is 25.1 Å². The number of amides is 1. The van der Waals surface area contributed by atoms with Crippen LogP contribution in [0.2, 0.25) is 0 Å². The average Bonchev–Trinajstić information content (AvgIpc) is 3.10. The average molecular weight is 349 g/mol. The van der Waals surface area contributed by atoms with E-state index in [1.165, 1.54) is 19.1 Å². The van der Waals surface area contributed by atoms with Crippen molar-refractivity contribution in [2.75, 3.05) is 5.32 Å². The second kappa shape index (κ2) is 6.02. The number of anilines is 1. The van der Waals surface area contributed by atoms with Crippen molar-refractivity contribution in [1.82, 2.24) is 4.98 Å². The minimum absolute atomic E-state index is 0.228. The van der Waals surface area contributed by atoms with Crippen LogP contribution in [-0.2, 0) is 0 Å². The maximum atomic E-state index is 12.2. The Hall–Kier alpha value is -1.62. The third kappa shape index (κ3) is 3.18. The molecule has 4 nitrogen and oxygen atoms in total. The zero-order valence-electron chi connectivity index (χ0n) is 11.9. The zero-order chi connectivity index (χ0) is 14.8. The molecule has 2 aromatic rings. The SMILES string of the molecule is Cc1cc(Br)ccc1NC(=O)c1coc(C2CCCC2)n1. The quantitative estimate of drug-likeness (QED) is 0.877. The van der Waals surface area contributed by atoms with Gasteiger partial charge in [0, 0.05) is 16.1 Å². The van der Waals surface area contributed by atoms with E-state index in [4.69, 9.17) is 4.42 Å². The summed E-state index contributed by atoms with van der Waals surface area (Å²) in [7, 11) is 0. The molecule has 5 heteroatoms. The Kier molecular flexibility index (Phi) is 4.10. The molecule has 0 saturated heterocycles. The third-order valence-electron chi connectivity index (χ3n) is 3.90. The number of hydrogen-bond acceptors (Lipinski definition) is 3. The molecule has 0 radical (unpaired) electrons. The van der Waals surface area contributed by atoms with E-state index >= 15 is 0 Å². The maximum absolute atomic E-state index is 12.2. The van der Waals surface area contributed by atoms with Crippen molar-refractivity contribution in [1.29, 1.82) is 0 Å². The number of aryl methyl sites for hydroxylation is 1. The first-order valence-electron chi connectivity index (χ1n) is 7.16. The normalized spacial score (nSPS) is 15.3. The van der Waals surface area contributed by atoms with Crippen molar-refractivity contribution in [3.8, 4) is 0 Å². The number of rotatable bonds is 3.